The molecule has 2 N–H and O–H groups in total. The molecule has 116 valence electrons. The van der Waals surface area contributed by atoms with Crippen LogP contribution in [0.3, 0.4) is 0 Å². The number of hydrogen-bond acceptors (Lipinski definition) is 5. The van der Waals surface area contributed by atoms with E-state index in [1.807, 2.05) is 36.4 Å². The van der Waals surface area contributed by atoms with E-state index in [1.54, 1.807) is 0 Å². The van der Waals surface area contributed by atoms with Gasteiger partial charge in [0.2, 0.25) is 0 Å². The van der Waals surface area contributed by atoms with E-state index in [1.165, 1.54) is 24.3 Å². The normalized spacial score (nSPS) is 10.7. The molecule has 1 unspecified atom stereocenters. The van der Waals surface area contributed by atoms with Crippen LogP contribution in [0, 0.1) is 0 Å². The summed E-state index contributed by atoms with van der Waals surface area (Å²) < 4.78 is 23.6. The van der Waals surface area contributed by atoms with Gasteiger partial charge in [-0.2, -0.15) is 12.8 Å². The average Bonchev–Trinajstić information content (AvgIpc) is 2.50. The lowest BCUT2D eigenvalue weighted by Crippen LogP contribution is -2.20. The topological polar surface area (TPSA) is 104 Å². The predicted octanol–water partition coefficient (Wildman–Crippen LogP) is 2.14. The Labute approximate surface area is 129 Å². The highest BCUT2D eigenvalue weighted by atomic mass is 32.2. The number of carboxylic acids is 1. The van der Waals surface area contributed by atoms with Crippen molar-refractivity contribution in [1.82, 2.24) is 0 Å². The Hall–Kier alpha value is -2.67. The zero-order chi connectivity index (χ0) is 16.4. The molecular formula is C15H15NO5S. The molecule has 0 amide bonds. The van der Waals surface area contributed by atoms with Crippen LogP contribution in [0.2, 0.25) is 0 Å². The number of nitrogens with zero attached hydrogens (tertiary/aromatic N) is 1. The van der Waals surface area contributed by atoms with Crippen LogP contribution in [0.5, 0.6) is 5.75 Å². The second-order valence-corrected chi connectivity index (χ2v) is 4.85. The number of rotatable bonds is 4. The Bertz CT molecular complexity index is 677. The number of aliphatic carboxylic acids is 1. The van der Waals surface area contributed by atoms with Crippen molar-refractivity contribution in [2.75, 3.05) is 0 Å². The average molecular weight is 321 g/mol. The van der Waals surface area contributed by atoms with Gasteiger partial charge < -0.3 is 10.2 Å². The number of phenols is 1. The molecule has 0 heterocycles. The fraction of sp³-hybridized carbons (Fsp3) is 0.133. The van der Waals surface area contributed by atoms with Crippen LogP contribution >= 0.6 is 0 Å². The first-order valence-electron chi connectivity index (χ1n) is 6.30. The molecule has 0 aromatic heterocycles. The standard InChI is InChI=1S/C9H9NO5S.C6H6/c11-7-3-1-6(2-4-7)5-8(9(12)13)10-16(14)15;1-2-4-6-5-3-1/h1-4,8,11H,5H2,(H,12,13);1-6H. The van der Waals surface area contributed by atoms with Gasteiger partial charge in [0.15, 0.2) is 6.04 Å². The lowest BCUT2D eigenvalue weighted by molar-refractivity contribution is -0.138. The van der Waals surface area contributed by atoms with Crippen molar-refractivity contribution in [3.8, 4) is 5.75 Å². The van der Waals surface area contributed by atoms with Gasteiger partial charge in [0.25, 0.3) is 0 Å². The maximum Gasteiger partial charge on any atom is 0.330 e. The first kappa shape index (κ1) is 17.4. The first-order valence-corrected chi connectivity index (χ1v) is 7.33. The van der Waals surface area contributed by atoms with Gasteiger partial charge in [-0.3, -0.25) is 0 Å². The van der Waals surface area contributed by atoms with Gasteiger partial charge in [0.1, 0.15) is 5.75 Å². The Morgan fingerprint density at radius 1 is 1.00 bits per heavy atom. The summed E-state index contributed by atoms with van der Waals surface area (Å²) in [6, 6.07) is 16.5. The second-order valence-electron chi connectivity index (χ2n) is 4.20. The molecule has 0 fully saturated rings. The Morgan fingerprint density at radius 2 is 1.45 bits per heavy atom. The molecule has 22 heavy (non-hydrogen) atoms. The molecule has 2 aromatic rings. The highest BCUT2D eigenvalue weighted by Crippen LogP contribution is 2.12. The van der Waals surface area contributed by atoms with Crippen molar-refractivity contribution in [2.45, 2.75) is 12.5 Å². The third kappa shape index (κ3) is 7.20. The summed E-state index contributed by atoms with van der Waals surface area (Å²) in [7, 11) is -2.75. The third-order valence-electron chi connectivity index (χ3n) is 2.53. The lowest BCUT2D eigenvalue weighted by Gasteiger charge is -2.04. The van der Waals surface area contributed by atoms with E-state index in [4.69, 9.17) is 10.2 Å². The summed E-state index contributed by atoms with van der Waals surface area (Å²) in [5, 5.41) is 17.7. The van der Waals surface area contributed by atoms with E-state index in [0.717, 1.165) is 0 Å². The minimum absolute atomic E-state index is 0.0381. The Morgan fingerprint density at radius 3 is 1.82 bits per heavy atom. The van der Waals surface area contributed by atoms with Gasteiger partial charge in [-0.1, -0.05) is 48.5 Å². The quantitative estimate of drug-likeness (QED) is 0.897. The molecule has 1 atom stereocenters. The van der Waals surface area contributed by atoms with E-state index in [2.05, 4.69) is 4.36 Å². The van der Waals surface area contributed by atoms with Crippen molar-refractivity contribution in [1.29, 1.82) is 0 Å². The molecule has 0 saturated carbocycles. The first-order chi connectivity index (χ1) is 10.5. The molecule has 0 radical (unpaired) electrons. The Kier molecular flexibility index (Phi) is 7.35. The lowest BCUT2D eigenvalue weighted by atomic mass is 10.1. The van der Waals surface area contributed by atoms with Gasteiger partial charge >= 0.3 is 16.5 Å². The number of aromatic hydroxyl groups is 1. The number of hydrogen-bond donors (Lipinski definition) is 2. The molecule has 7 heteroatoms. The van der Waals surface area contributed by atoms with Gasteiger partial charge in [0, 0.05) is 6.42 Å². The van der Waals surface area contributed by atoms with E-state index >= 15 is 0 Å². The van der Waals surface area contributed by atoms with Crippen LogP contribution < -0.4 is 0 Å². The summed E-state index contributed by atoms with van der Waals surface area (Å²) >= 11 is 0. The SMILES string of the molecule is O=C(O)C(Cc1ccc(O)cc1)N=S(=O)=O.c1ccccc1. The van der Waals surface area contributed by atoms with Crippen LogP contribution in [0.15, 0.2) is 65.0 Å². The van der Waals surface area contributed by atoms with E-state index < -0.39 is 22.5 Å². The van der Waals surface area contributed by atoms with Crippen molar-refractivity contribution < 1.29 is 23.4 Å². The predicted molar refractivity (Wildman–Crippen MR) is 81.0 cm³/mol. The summed E-state index contributed by atoms with van der Waals surface area (Å²) in [4.78, 5) is 10.7. The van der Waals surface area contributed by atoms with Crippen LogP contribution in [0.25, 0.3) is 0 Å². The zero-order valence-corrected chi connectivity index (χ0v) is 12.3. The van der Waals surface area contributed by atoms with Crippen molar-refractivity contribution in [2.24, 2.45) is 4.36 Å². The van der Waals surface area contributed by atoms with Crippen LogP contribution in [-0.2, 0) is 21.7 Å². The second kappa shape index (κ2) is 9.30. The summed E-state index contributed by atoms with van der Waals surface area (Å²) in [6.45, 7) is 0. The van der Waals surface area contributed by atoms with Gasteiger partial charge in [-0.25, -0.2) is 4.79 Å². The largest absolute Gasteiger partial charge is 0.508 e. The number of benzene rings is 2. The van der Waals surface area contributed by atoms with Crippen LogP contribution in [0.1, 0.15) is 5.56 Å². The molecule has 6 nitrogen and oxygen atoms in total. The molecular weight excluding hydrogens is 306 g/mol. The third-order valence-corrected chi connectivity index (χ3v) is 2.96. The molecule has 0 saturated heterocycles. The highest BCUT2D eigenvalue weighted by Gasteiger charge is 2.17. The molecule has 2 rings (SSSR count). The maximum atomic E-state index is 10.7. The van der Waals surface area contributed by atoms with E-state index in [0.29, 0.717) is 5.56 Å². The number of carboxylic acid groups (broad SMARTS) is 1. The number of phenolic OH excluding ortho intramolecular Hbond substituents is 1. The summed E-state index contributed by atoms with van der Waals surface area (Å²) in [5.41, 5.74) is 0.583. The monoisotopic (exact) mass is 321 g/mol. The molecule has 0 aliphatic carbocycles. The summed E-state index contributed by atoms with van der Waals surface area (Å²) in [5.74, 6) is -1.25. The Balaban J connectivity index is 0.000000335. The maximum absolute atomic E-state index is 10.7. The molecule has 0 spiro atoms. The summed E-state index contributed by atoms with van der Waals surface area (Å²) in [6.07, 6.45) is -0.0381. The molecule has 0 aliphatic heterocycles. The smallest absolute Gasteiger partial charge is 0.330 e. The molecule has 2 aromatic carbocycles. The number of carbonyl (C=O) groups is 1. The van der Waals surface area contributed by atoms with Crippen LogP contribution in [0.4, 0.5) is 0 Å². The molecule has 0 aliphatic rings. The van der Waals surface area contributed by atoms with E-state index in [9.17, 15) is 13.2 Å². The fourth-order valence-electron chi connectivity index (χ4n) is 1.51. The minimum atomic E-state index is -2.75. The zero-order valence-electron chi connectivity index (χ0n) is 11.5. The molecule has 0 bridgehead atoms. The van der Waals surface area contributed by atoms with Crippen molar-refractivity contribution in [3.63, 3.8) is 0 Å². The highest BCUT2D eigenvalue weighted by molar-refractivity contribution is 7.61. The fourth-order valence-corrected chi connectivity index (χ4v) is 1.89. The van der Waals surface area contributed by atoms with Gasteiger partial charge in [-0.05, 0) is 17.7 Å². The van der Waals surface area contributed by atoms with Crippen LogP contribution in [-0.4, -0.2) is 30.6 Å². The van der Waals surface area contributed by atoms with Gasteiger partial charge in [-0.15, -0.1) is 0 Å². The van der Waals surface area contributed by atoms with Crippen molar-refractivity contribution >= 4 is 16.5 Å². The van der Waals surface area contributed by atoms with Crippen molar-refractivity contribution in [3.05, 3.63) is 66.2 Å². The van der Waals surface area contributed by atoms with Gasteiger partial charge in [0.05, 0.1) is 0 Å². The van der Waals surface area contributed by atoms with E-state index in [-0.39, 0.29) is 12.2 Å². The minimum Gasteiger partial charge on any atom is -0.508 e.